The molecule has 1 N–H and O–H groups in total. The minimum atomic E-state index is -0.988. The molecule has 0 bridgehead atoms. The van der Waals surface area contributed by atoms with Crippen LogP contribution in [0.2, 0.25) is 0 Å². The van der Waals surface area contributed by atoms with Crippen LogP contribution in [0.5, 0.6) is 0 Å². The van der Waals surface area contributed by atoms with Gasteiger partial charge in [-0.25, -0.2) is 9.59 Å². The SMILES string of the molecule is COC(=O)[C@H](Cc1cn(C(=O)OC(C)(C)C)c2ccccc12)NC(=O)c1c2ccccc2cc2ccccc12. The molecular formula is C32H30N2O5. The molecule has 0 aliphatic rings. The number of hydrogen-bond acceptors (Lipinski definition) is 5. The molecule has 0 fully saturated rings. The summed E-state index contributed by atoms with van der Waals surface area (Å²) in [6, 6.07) is 23.8. The molecule has 5 aromatic rings. The Labute approximate surface area is 226 Å². The Morgan fingerprint density at radius 2 is 1.41 bits per heavy atom. The van der Waals surface area contributed by atoms with Crippen LogP contribution >= 0.6 is 0 Å². The highest BCUT2D eigenvalue weighted by Gasteiger charge is 2.27. The number of esters is 1. The average Bonchev–Trinajstić information content (AvgIpc) is 3.28. The fourth-order valence-electron chi connectivity index (χ4n) is 4.92. The molecule has 0 unspecified atom stereocenters. The molecule has 7 heteroatoms. The zero-order valence-electron chi connectivity index (χ0n) is 22.4. The third-order valence-corrected chi connectivity index (χ3v) is 6.60. The van der Waals surface area contributed by atoms with Gasteiger partial charge in [-0.2, -0.15) is 0 Å². The number of amides is 1. The van der Waals surface area contributed by atoms with E-state index in [1.807, 2.05) is 78.9 Å². The molecule has 0 aliphatic carbocycles. The van der Waals surface area contributed by atoms with Gasteiger partial charge in [0.1, 0.15) is 11.6 Å². The first-order valence-corrected chi connectivity index (χ1v) is 12.8. The molecule has 198 valence electrons. The minimum Gasteiger partial charge on any atom is -0.467 e. The fraction of sp³-hybridized carbons (Fsp3) is 0.219. The van der Waals surface area contributed by atoms with E-state index in [2.05, 4.69) is 5.32 Å². The van der Waals surface area contributed by atoms with Crippen molar-refractivity contribution in [3.63, 3.8) is 0 Å². The number of carbonyl (C=O) groups is 3. The van der Waals surface area contributed by atoms with Crippen LogP contribution < -0.4 is 5.32 Å². The summed E-state index contributed by atoms with van der Waals surface area (Å²) in [5.74, 6) is -0.962. The molecule has 0 saturated carbocycles. The summed E-state index contributed by atoms with van der Waals surface area (Å²) in [6.45, 7) is 5.41. The molecule has 7 nitrogen and oxygen atoms in total. The third-order valence-electron chi connectivity index (χ3n) is 6.60. The Balaban J connectivity index is 1.53. The van der Waals surface area contributed by atoms with Crippen LogP contribution in [0.4, 0.5) is 4.79 Å². The van der Waals surface area contributed by atoms with Gasteiger partial charge in [-0.05, 0) is 60.0 Å². The van der Waals surface area contributed by atoms with Gasteiger partial charge >= 0.3 is 12.1 Å². The molecule has 0 saturated heterocycles. The van der Waals surface area contributed by atoms with Crippen LogP contribution in [0.25, 0.3) is 32.4 Å². The van der Waals surface area contributed by atoms with Crippen molar-refractivity contribution >= 4 is 50.4 Å². The first kappa shape index (κ1) is 26.0. The van der Waals surface area contributed by atoms with E-state index >= 15 is 0 Å². The maximum Gasteiger partial charge on any atom is 0.419 e. The summed E-state index contributed by atoms with van der Waals surface area (Å²) in [4.78, 5) is 39.7. The standard InChI is InChI=1S/C32H30N2O5/c1-32(2,3)39-31(37)34-19-22(23-13-9-10-16-27(23)34)18-26(30(36)38-4)33-29(35)28-24-14-7-5-11-20(24)17-21-12-6-8-15-25(21)28/h5-17,19,26H,18H2,1-4H3,(H,33,35)/t26-/m0/s1. The average molecular weight is 523 g/mol. The van der Waals surface area contributed by atoms with E-state index in [4.69, 9.17) is 9.47 Å². The van der Waals surface area contributed by atoms with E-state index in [9.17, 15) is 14.4 Å². The van der Waals surface area contributed by atoms with E-state index < -0.39 is 23.7 Å². The fourth-order valence-corrected chi connectivity index (χ4v) is 4.92. The number of nitrogens with one attached hydrogen (secondary N) is 1. The van der Waals surface area contributed by atoms with Crippen LogP contribution in [-0.4, -0.2) is 41.3 Å². The van der Waals surface area contributed by atoms with Gasteiger partial charge < -0.3 is 14.8 Å². The lowest BCUT2D eigenvalue weighted by Gasteiger charge is -2.19. The Morgan fingerprint density at radius 3 is 2.00 bits per heavy atom. The van der Waals surface area contributed by atoms with Crippen molar-refractivity contribution in [1.29, 1.82) is 0 Å². The number of carbonyl (C=O) groups excluding carboxylic acids is 3. The van der Waals surface area contributed by atoms with Gasteiger partial charge in [-0.1, -0.05) is 66.7 Å². The van der Waals surface area contributed by atoms with Crippen molar-refractivity contribution in [2.75, 3.05) is 7.11 Å². The third kappa shape index (κ3) is 5.21. The van der Waals surface area contributed by atoms with Gasteiger partial charge in [-0.3, -0.25) is 9.36 Å². The predicted molar refractivity (Wildman–Crippen MR) is 152 cm³/mol. The number of hydrogen-bond donors (Lipinski definition) is 1. The zero-order chi connectivity index (χ0) is 27.7. The topological polar surface area (TPSA) is 86.6 Å². The molecule has 1 heterocycles. The molecule has 0 aliphatic heterocycles. The van der Waals surface area contributed by atoms with Gasteiger partial charge in [0, 0.05) is 18.0 Å². The van der Waals surface area contributed by atoms with Gasteiger partial charge in [0.2, 0.25) is 0 Å². The summed E-state index contributed by atoms with van der Waals surface area (Å²) < 4.78 is 12.1. The van der Waals surface area contributed by atoms with Gasteiger partial charge in [0.15, 0.2) is 0 Å². The van der Waals surface area contributed by atoms with E-state index in [1.54, 1.807) is 27.0 Å². The lowest BCUT2D eigenvalue weighted by Crippen LogP contribution is -2.43. The highest BCUT2D eigenvalue weighted by Crippen LogP contribution is 2.29. The van der Waals surface area contributed by atoms with Crippen molar-refractivity contribution in [1.82, 2.24) is 9.88 Å². The van der Waals surface area contributed by atoms with Crippen molar-refractivity contribution < 1.29 is 23.9 Å². The van der Waals surface area contributed by atoms with Gasteiger partial charge in [0.25, 0.3) is 5.91 Å². The van der Waals surface area contributed by atoms with Crippen molar-refractivity contribution in [3.8, 4) is 0 Å². The molecule has 4 aromatic carbocycles. The lowest BCUT2D eigenvalue weighted by atomic mass is 9.95. The van der Waals surface area contributed by atoms with Crippen LogP contribution in [0.3, 0.4) is 0 Å². The maximum absolute atomic E-state index is 13.8. The Morgan fingerprint density at radius 1 is 0.846 bits per heavy atom. The molecule has 39 heavy (non-hydrogen) atoms. The van der Waals surface area contributed by atoms with Crippen LogP contribution in [-0.2, 0) is 20.7 Å². The number of fused-ring (bicyclic) bond motifs is 3. The van der Waals surface area contributed by atoms with Crippen LogP contribution in [0, 0.1) is 0 Å². The van der Waals surface area contributed by atoms with Crippen LogP contribution in [0.1, 0.15) is 36.7 Å². The Bertz CT molecular complexity index is 1670. The van der Waals surface area contributed by atoms with E-state index in [1.165, 1.54) is 11.7 Å². The zero-order valence-corrected chi connectivity index (χ0v) is 22.4. The predicted octanol–water partition coefficient (Wildman–Crippen LogP) is 6.25. The number of ether oxygens (including phenoxy) is 2. The van der Waals surface area contributed by atoms with Crippen molar-refractivity contribution in [2.45, 2.75) is 38.8 Å². The summed E-state index contributed by atoms with van der Waals surface area (Å²) in [5, 5.41) is 7.13. The highest BCUT2D eigenvalue weighted by molar-refractivity contribution is 6.18. The maximum atomic E-state index is 13.8. The molecule has 0 radical (unpaired) electrons. The molecular weight excluding hydrogens is 492 g/mol. The molecule has 5 rings (SSSR count). The molecule has 1 amide bonds. The van der Waals surface area contributed by atoms with E-state index in [-0.39, 0.29) is 12.3 Å². The number of nitrogens with zero attached hydrogens (tertiary/aromatic N) is 1. The number of aromatic nitrogens is 1. The Hall–Kier alpha value is -4.65. The van der Waals surface area contributed by atoms with E-state index in [0.717, 1.165) is 26.9 Å². The summed E-state index contributed by atoms with van der Waals surface area (Å²) in [7, 11) is 1.29. The van der Waals surface area contributed by atoms with Gasteiger partial charge in [-0.15, -0.1) is 0 Å². The largest absolute Gasteiger partial charge is 0.467 e. The molecule has 0 spiro atoms. The summed E-state index contributed by atoms with van der Waals surface area (Å²) >= 11 is 0. The van der Waals surface area contributed by atoms with Crippen molar-refractivity contribution in [3.05, 3.63) is 96.2 Å². The van der Waals surface area contributed by atoms with E-state index in [0.29, 0.717) is 16.6 Å². The number of rotatable bonds is 5. The normalized spacial score (nSPS) is 12.4. The lowest BCUT2D eigenvalue weighted by molar-refractivity contribution is -0.142. The number of methoxy groups -OCH3 is 1. The van der Waals surface area contributed by atoms with Crippen LogP contribution in [0.15, 0.2) is 85.1 Å². The second kappa shape index (κ2) is 10.3. The highest BCUT2D eigenvalue weighted by atomic mass is 16.6. The number of para-hydroxylation sites is 1. The number of benzene rings is 4. The van der Waals surface area contributed by atoms with Crippen molar-refractivity contribution in [2.24, 2.45) is 0 Å². The second-order valence-electron chi connectivity index (χ2n) is 10.5. The quantitative estimate of drug-likeness (QED) is 0.218. The first-order chi connectivity index (χ1) is 18.7. The Kier molecular flexibility index (Phi) is 6.83. The summed E-state index contributed by atoms with van der Waals surface area (Å²) in [5.41, 5.74) is 1.17. The minimum absolute atomic E-state index is 0.122. The molecule has 1 aromatic heterocycles. The monoisotopic (exact) mass is 522 g/mol. The molecule has 1 atom stereocenters. The van der Waals surface area contributed by atoms with Gasteiger partial charge in [0.05, 0.1) is 18.2 Å². The smallest absolute Gasteiger partial charge is 0.419 e. The summed E-state index contributed by atoms with van der Waals surface area (Å²) in [6.07, 6.45) is 1.26. The second-order valence-corrected chi connectivity index (χ2v) is 10.5. The first-order valence-electron chi connectivity index (χ1n) is 12.8.